The van der Waals surface area contributed by atoms with Crippen molar-refractivity contribution in [1.82, 2.24) is 15.5 Å². The van der Waals surface area contributed by atoms with Crippen LogP contribution in [0.15, 0.2) is 44.0 Å². The van der Waals surface area contributed by atoms with E-state index in [4.69, 9.17) is 11.4 Å². The molecule has 4 N–H and O–H groups in total. The second kappa shape index (κ2) is 7.33. The first-order valence-corrected chi connectivity index (χ1v) is 8.08. The first-order valence-electron chi connectivity index (χ1n) is 8.08. The maximum absolute atomic E-state index is 8.64. The molecule has 128 valence electrons. The highest BCUT2D eigenvalue weighted by atomic mass is 15.4. The molecule has 10 heteroatoms. The van der Waals surface area contributed by atoms with E-state index in [1.807, 2.05) is 0 Å². The number of hydrogen-bond acceptors (Lipinski definition) is 7. The van der Waals surface area contributed by atoms with Gasteiger partial charge in [-0.15, -0.1) is 0 Å². The van der Waals surface area contributed by atoms with Crippen LogP contribution in [0.5, 0.6) is 0 Å². The van der Waals surface area contributed by atoms with Crippen LogP contribution in [-0.2, 0) is 0 Å². The van der Waals surface area contributed by atoms with Crippen LogP contribution in [0.1, 0.15) is 13.3 Å². The normalized spacial score (nSPS) is 28.3. The van der Waals surface area contributed by atoms with Crippen LogP contribution < -0.4 is 16.5 Å². The van der Waals surface area contributed by atoms with Crippen molar-refractivity contribution < 1.29 is 0 Å². The summed E-state index contributed by atoms with van der Waals surface area (Å²) in [5, 5.41) is 17.7. The summed E-state index contributed by atoms with van der Waals surface area (Å²) >= 11 is 0. The lowest BCUT2D eigenvalue weighted by Crippen LogP contribution is -2.60. The van der Waals surface area contributed by atoms with E-state index in [2.05, 4.69) is 60.0 Å². The zero-order chi connectivity index (χ0) is 16.9. The average Bonchev–Trinajstić information content (AvgIpc) is 3.01. The molecule has 0 aromatic rings. The molecule has 24 heavy (non-hydrogen) atoms. The van der Waals surface area contributed by atoms with Gasteiger partial charge in [0.15, 0.2) is 0 Å². The Balaban J connectivity index is 1.81. The number of piperazine rings is 1. The fourth-order valence-electron chi connectivity index (χ4n) is 3.22. The molecule has 10 nitrogen and oxygen atoms in total. The Hall–Kier alpha value is -2.58. The summed E-state index contributed by atoms with van der Waals surface area (Å²) in [5.41, 5.74) is 10.9. The largest absolute Gasteiger partial charge is 0.362 e. The van der Waals surface area contributed by atoms with Crippen molar-refractivity contribution in [2.45, 2.75) is 25.6 Å². The van der Waals surface area contributed by atoms with Gasteiger partial charge in [-0.1, -0.05) is 29.4 Å². The summed E-state index contributed by atoms with van der Waals surface area (Å²) in [6.45, 7) is 4.35. The monoisotopic (exact) mass is 330 g/mol. The van der Waals surface area contributed by atoms with Crippen molar-refractivity contribution in [3.8, 4) is 0 Å². The van der Waals surface area contributed by atoms with Crippen molar-refractivity contribution in [3.05, 3.63) is 34.0 Å². The van der Waals surface area contributed by atoms with Crippen LogP contribution in [0.2, 0.25) is 0 Å². The molecule has 3 unspecified atom stereocenters. The molecule has 0 saturated carbocycles. The lowest BCUT2D eigenvalue weighted by Gasteiger charge is -2.42. The van der Waals surface area contributed by atoms with Crippen molar-refractivity contribution in [2.24, 2.45) is 32.2 Å². The number of nitrogens with zero attached hydrogens (tertiary/aromatic N) is 7. The molecule has 1 saturated heterocycles. The van der Waals surface area contributed by atoms with Gasteiger partial charge in [0.1, 0.15) is 12.0 Å². The molecule has 0 amide bonds. The highest BCUT2D eigenvalue weighted by molar-refractivity contribution is 5.93. The quantitative estimate of drug-likeness (QED) is 0.167. The number of azide groups is 1. The predicted molar refractivity (Wildman–Crippen MR) is 90.7 cm³/mol. The Kier molecular flexibility index (Phi) is 4.97. The number of amidine groups is 1. The van der Waals surface area contributed by atoms with E-state index in [0.29, 0.717) is 32.1 Å². The van der Waals surface area contributed by atoms with Crippen LogP contribution in [0.4, 0.5) is 0 Å². The molecule has 3 rings (SSSR count). The first-order chi connectivity index (χ1) is 11.7. The van der Waals surface area contributed by atoms with Crippen LogP contribution >= 0.6 is 0 Å². The van der Waals surface area contributed by atoms with E-state index in [1.54, 1.807) is 0 Å². The highest BCUT2D eigenvalue weighted by Gasteiger charge is 2.40. The third-order valence-electron chi connectivity index (χ3n) is 4.30. The topological polar surface area (TPSA) is 139 Å². The van der Waals surface area contributed by atoms with Gasteiger partial charge in [0.2, 0.25) is 0 Å². The van der Waals surface area contributed by atoms with Gasteiger partial charge in [0.25, 0.3) is 0 Å². The molecule has 3 atom stereocenters. The molecular weight excluding hydrogens is 308 g/mol. The Morgan fingerprint density at radius 1 is 1.58 bits per heavy atom. The van der Waals surface area contributed by atoms with Crippen LogP contribution in [-0.4, -0.2) is 49.1 Å². The number of rotatable bonds is 6. The SMILES string of the molecule is CC1C=C2C(=CC1)NC(NCCN=NN)C1=NCC(CN=[N+]=[N-])N21. The summed E-state index contributed by atoms with van der Waals surface area (Å²) in [6, 6.07) is 0.0611. The number of nitrogens with one attached hydrogen (secondary N) is 2. The summed E-state index contributed by atoms with van der Waals surface area (Å²) in [4.78, 5) is 9.77. The maximum atomic E-state index is 8.64. The second-order valence-electron chi connectivity index (χ2n) is 6.03. The molecular formula is C14H22N10. The highest BCUT2D eigenvalue weighted by Crippen LogP contribution is 2.32. The van der Waals surface area contributed by atoms with Crippen molar-refractivity contribution >= 4 is 5.84 Å². The van der Waals surface area contributed by atoms with Gasteiger partial charge in [-0.3, -0.25) is 10.3 Å². The van der Waals surface area contributed by atoms with E-state index in [9.17, 15) is 0 Å². The molecule has 2 aliphatic heterocycles. The Morgan fingerprint density at radius 3 is 3.25 bits per heavy atom. The molecule has 1 fully saturated rings. The van der Waals surface area contributed by atoms with E-state index < -0.39 is 0 Å². The molecule has 2 heterocycles. The van der Waals surface area contributed by atoms with E-state index in [0.717, 1.165) is 23.7 Å². The standard InChI is InChI=1S/C14H22N10/c1-9-2-3-11-12(6-9)24-10(8-20-23-16)7-18-14(24)13(21-11)17-4-5-19-22-15/h3,6,9-10,13,17,21H,2,4-5,7-8H2,1H3,(H2,15,19). The number of nitrogens with two attached hydrogens (primary N) is 1. The predicted octanol–water partition coefficient (Wildman–Crippen LogP) is 1.03. The van der Waals surface area contributed by atoms with Crippen LogP contribution in [0.25, 0.3) is 10.4 Å². The Morgan fingerprint density at radius 2 is 2.46 bits per heavy atom. The molecule has 0 bridgehead atoms. The van der Waals surface area contributed by atoms with E-state index in [1.165, 1.54) is 0 Å². The van der Waals surface area contributed by atoms with Crippen molar-refractivity contribution in [1.29, 1.82) is 0 Å². The lowest BCUT2D eigenvalue weighted by atomic mass is 9.96. The zero-order valence-electron chi connectivity index (χ0n) is 13.6. The lowest BCUT2D eigenvalue weighted by molar-refractivity contribution is 0.363. The zero-order valence-corrected chi connectivity index (χ0v) is 13.6. The minimum absolute atomic E-state index is 0.0611. The number of allylic oxidation sites excluding steroid dienone is 2. The van der Waals surface area contributed by atoms with Crippen LogP contribution in [0, 0.1) is 5.92 Å². The Labute approximate surface area is 140 Å². The average molecular weight is 330 g/mol. The van der Waals surface area contributed by atoms with Crippen molar-refractivity contribution in [2.75, 3.05) is 26.2 Å². The minimum atomic E-state index is -0.106. The Bertz CT molecular complexity index is 642. The van der Waals surface area contributed by atoms with E-state index >= 15 is 0 Å². The van der Waals surface area contributed by atoms with Crippen molar-refractivity contribution in [3.63, 3.8) is 0 Å². The van der Waals surface area contributed by atoms with Gasteiger partial charge in [-0.05, 0) is 17.9 Å². The third kappa shape index (κ3) is 3.19. The number of hydrogen-bond donors (Lipinski definition) is 3. The summed E-state index contributed by atoms with van der Waals surface area (Å²) < 4.78 is 0. The van der Waals surface area contributed by atoms with Gasteiger partial charge >= 0.3 is 0 Å². The number of aliphatic imine (C=N–C) groups is 1. The van der Waals surface area contributed by atoms with Gasteiger partial charge in [0.05, 0.1) is 30.5 Å². The molecule has 0 aromatic heterocycles. The second-order valence-corrected chi connectivity index (χ2v) is 6.03. The third-order valence-corrected chi connectivity index (χ3v) is 4.30. The maximum Gasteiger partial charge on any atom is 0.142 e. The van der Waals surface area contributed by atoms with Crippen LogP contribution in [0.3, 0.4) is 0 Å². The van der Waals surface area contributed by atoms with Gasteiger partial charge in [0, 0.05) is 18.0 Å². The molecule has 1 aliphatic carbocycles. The number of fused-ring (bicyclic) bond motifs is 3. The van der Waals surface area contributed by atoms with Gasteiger partial charge < -0.3 is 16.1 Å². The molecule has 0 radical (unpaired) electrons. The van der Waals surface area contributed by atoms with Gasteiger partial charge in [-0.25, -0.2) is 0 Å². The summed E-state index contributed by atoms with van der Waals surface area (Å²) in [6.07, 6.45) is 5.37. The molecule has 3 aliphatic rings. The molecule has 0 aromatic carbocycles. The fourth-order valence-corrected chi connectivity index (χ4v) is 3.22. The molecule has 0 spiro atoms. The minimum Gasteiger partial charge on any atom is -0.362 e. The van der Waals surface area contributed by atoms with E-state index in [-0.39, 0.29) is 12.2 Å². The van der Waals surface area contributed by atoms with Gasteiger partial charge in [-0.2, -0.15) is 5.11 Å². The smallest absolute Gasteiger partial charge is 0.142 e. The summed E-state index contributed by atoms with van der Waals surface area (Å²) in [7, 11) is 0. The first kappa shape index (κ1) is 16.3. The summed E-state index contributed by atoms with van der Waals surface area (Å²) in [5.74, 6) is 6.43. The fraction of sp³-hybridized carbons (Fsp3) is 0.643.